The summed E-state index contributed by atoms with van der Waals surface area (Å²) < 4.78 is 0. The Balaban J connectivity index is 2.02. The predicted molar refractivity (Wildman–Crippen MR) is 91.1 cm³/mol. The third-order valence-corrected chi connectivity index (χ3v) is 5.08. The standard InChI is InChI=1S/C18H20N2S/c1-4-15-8-10-17(21-15)18(19-3)14-7-9-16-13(11-14)6-5-12(2)20-16/h5-11,18-19H,4H2,1-3H3. The SMILES string of the molecule is CCc1ccc(C(NC)c2ccc3nc(C)ccc3c2)s1. The van der Waals surface area contributed by atoms with Crippen LogP contribution < -0.4 is 5.32 Å². The third kappa shape index (κ3) is 2.85. The zero-order valence-corrected chi connectivity index (χ0v) is 13.5. The van der Waals surface area contributed by atoms with E-state index >= 15 is 0 Å². The van der Waals surface area contributed by atoms with Crippen molar-refractivity contribution in [1.82, 2.24) is 10.3 Å². The van der Waals surface area contributed by atoms with Crippen LogP contribution in [0.5, 0.6) is 0 Å². The number of thiophene rings is 1. The van der Waals surface area contributed by atoms with Crippen LogP contribution in [-0.4, -0.2) is 12.0 Å². The van der Waals surface area contributed by atoms with Crippen LogP contribution in [0.2, 0.25) is 0 Å². The number of hydrogen-bond donors (Lipinski definition) is 1. The van der Waals surface area contributed by atoms with Crippen molar-refractivity contribution >= 4 is 22.2 Å². The summed E-state index contributed by atoms with van der Waals surface area (Å²) in [7, 11) is 2.02. The minimum absolute atomic E-state index is 0.251. The van der Waals surface area contributed by atoms with Crippen molar-refractivity contribution in [3.8, 4) is 0 Å². The number of fused-ring (bicyclic) bond motifs is 1. The molecule has 0 saturated heterocycles. The van der Waals surface area contributed by atoms with E-state index in [0.29, 0.717) is 0 Å². The molecule has 0 aliphatic heterocycles. The van der Waals surface area contributed by atoms with Gasteiger partial charge in [0.2, 0.25) is 0 Å². The van der Waals surface area contributed by atoms with Crippen molar-refractivity contribution in [2.45, 2.75) is 26.3 Å². The maximum Gasteiger partial charge on any atom is 0.0705 e. The zero-order valence-electron chi connectivity index (χ0n) is 12.7. The number of hydrogen-bond acceptors (Lipinski definition) is 3. The number of nitrogens with zero attached hydrogens (tertiary/aromatic N) is 1. The Hall–Kier alpha value is -1.71. The van der Waals surface area contributed by atoms with Crippen LogP contribution in [0.25, 0.3) is 10.9 Å². The van der Waals surface area contributed by atoms with Gasteiger partial charge in [0, 0.05) is 20.8 Å². The van der Waals surface area contributed by atoms with Crippen LogP contribution in [0.15, 0.2) is 42.5 Å². The monoisotopic (exact) mass is 296 g/mol. The zero-order chi connectivity index (χ0) is 14.8. The van der Waals surface area contributed by atoms with Gasteiger partial charge in [0.25, 0.3) is 0 Å². The Morgan fingerprint density at radius 1 is 1.14 bits per heavy atom. The highest BCUT2D eigenvalue weighted by molar-refractivity contribution is 7.12. The molecular weight excluding hydrogens is 276 g/mol. The molecule has 0 fully saturated rings. The number of aryl methyl sites for hydroxylation is 2. The van der Waals surface area contributed by atoms with Gasteiger partial charge in [-0.1, -0.05) is 19.1 Å². The Kier molecular flexibility index (Phi) is 4.04. The highest BCUT2D eigenvalue weighted by Gasteiger charge is 2.14. The molecule has 0 aliphatic carbocycles. The minimum atomic E-state index is 0.251. The average molecular weight is 296 g/mol. The second-order valence-electron chi connectivity index (χ2n) is 5.28. The van der Waals surface area contributed by atoms with E-state index in [9.17, 15) is 0 Å². The second-order valence-corrected chi connectivity index (χ2v) is 6.48. The molecular formula is C18H20N2S. The molecule has 1 atom stereocenters. The van der Waals surface area contributed by atoms with Gasteiger partial charge in [0.1, 0.15) is 0 Å². The molecule has 0 aliphatic rings. The van der Waals surface area contributed by atoms with E-state index in [2.05, 4.69) is 59.7 Å². The van der Waals surface area contributed by atoms with Crippen molar-refractivity contribution in [1.29, 1.82) is 0 Å². The molecule has 2 aromatic heterocycles. The fourth-order valence-corrected chi connectivity index (χ4v) is 3.73. The summed E-state index contributed by atoms with van der Waals surface area (Å²) >= 11 is 1.89. The first-order valence-electron chi connectivity index (χ1n) is 7.34. The van der Waals surface area contributed by atoms with Crippen LogP contribution in [0.4, 0.5) is 0 Å². The Morgan fingerprint density at radius 3 is 2.71 bits per heavy atom. The number of pyridine rings is 1. The van der Waals surface area contributed by atoms with Gasteiger partial charge in [0.05, 0.1) is 11.6 Å². The van der Waals surface area contributed by atoms with Gasteiger partial charge in [-0.3, -0.25) is 4.98 Å². The normalized spacial score (nSPS) is 12.7. The van der Waals surface area contributed by atoms with Crippen molar-refractivity contribution in [3.63, 3.8) is 0 Å². The lowest BCUT2D eigenvalue weighted by molar-refractivity contribution is 0.705. The van der Waals surface area contributed by atoms with E-state index in [1.165, 1.54) is 20.7 Å². The summed E-state index contributed by atoms with van der Waals surface area (Å²) in [5.41, 5.74) is 3.42. The molecule has 0 bridgehead atoms. The molecule has 3 heteroatoms. The Labute approximate surface area is 129 Å². The summed E-state index contributed by atoms with van der Waals surface area (Å²) in [5, 5.41) is 4.64. The van der Waals surface area contributed by atoms with Crippen LogP contribution in [-0.2, 0) is 6.42 Å². The number of rotatable bonds is 4. The molecule has 3 aromatic rings. The summed E-state index contributed by atoms with van der Waals surface area (Å²) in [6, 6.07) is 15.5. The molecule has 0 saturated carbocycles. The smallest absolute Gasteiger partial charge is 0.0705 e. The quantitative estimate of drug-likeness (QED) is 0.768. The molecule has 0 amide bonds. The summed E-state index contributed by atoms with van der Waals surface area (Å²) in [4.78, 5) is 7.38. The fraction of sp³-hybridized carbons (Fsp3) is 0.278. The molecule has 2 nitrogen and oxygen atoms in total. The van der Waals surface area contributed by atoms with E-state index in [4.69, 9.17) is 0 Å². The molecule has 21 heavy (non-hydrogen) atoms. The van der Waals surface area contributed by atoms with Gasteiger partial charge in [-0.2, -0.15) is 0 Å². The fourth-order valence-electron chi connectivity index (χ4n) is 2.64. The van der Waals surface area contributed by atoms with Gasteiger partial charge in [-0.25, -0.2) is 0 Å². The number of nitrogens with one attached hydrogen (secondary N) is 1. The van der Waals surface area contributed by atoms with Gasteiger partial charge < -0.3 is 5.32 Å². The summed E-state index contributed by atoms with van der Waals surface area (Å²) in [5.74, 6) is 0. The van der Waals surface area contributed by atoms with Gasteiger partial charge in [-0.05, 0) is 56.3 Å². The van der Waals surface area contributed by atoms with Gasteiger partial charge >= 0.3 is 0 Å². The topological polar surface area (TPSA) is 24.9 Å². The average Bonchev–Trinajstić information content (AvgIpc) is 2.97. The lowest BCUT2D eigenvalue weighted by Crippen LogP contribution is -2.16. The molecule has 1 unspecified atom stereocenters. The highest BCUT2D eigenvalue weighted by Crippen LogP contribution is 2.30. The van der Waals surface area contributed by atoms with Crippen LogP contribution in [0.1, 0.15) is 34.0 Å². The van der Waals surface area contributed by atoms with Crippen LogP contribution in [0.3, 0.4) is 0 Å². The van der Waals surface area contributed by atoms with E-state index < -0.39 is 0 Å². The van der Waals surface area contributed by atoms with Crippen molar-refractivity contribution in [2.75, 3.05) is 7.05 Å². The van der Waals surface area contributed by atoms with E-state index in [-0.39, 0.29) is 6.04 Å². The van der Waals surface area contributed by atoms with Gasteiger partial charge in [-0.15, -0.1) is 11.3 Å². The molecule has 2 heterocycles. The van der Waals surface area contributed by atoms with Crippen molar-refractivity contribution < 1.29 is 0 Å². The minimum Gasteiger partial charge on any atom is -0.309 e. The lowest BCUT2D eigenvalue weighted by atomic mass is 10.0. The summed E-state index contributed by atoms with van der Waals surface area (Å²) in [6.07, 6.45) is 1.10. The number of benzene rings is 1. The Bertz CT molecular complexity index is 761. The molecule has 0 radical (unpaired) electrons. The highest BCUT2D eigenvalue weighted by atomic mass is 32.1. The summed E-state index contributed by atoms with van der Waals surface area (Å²) in [6.45, 7) is 4.23. The van der Waals surface area contributed by atoms with E-state index in [0.717, 1.165) is 17.6 Å². The Morgan fingerprint density at radius 2 is 2.00 bits per heavy atom. The first kappa shape index (κ1) is 14.2. The van der Waals surface area contributed by atoms with E-state index in [1.807, 2.05) is 25.3 Å². The van der Waals surface area contributed by atoms with Gasteiger partial charge in [0.15, 0.2) is 0 Å². The molecule has 0 spiro atoms. The number of aromatic nitrogens is 1. The molecule has 3 rings (SSSR count). The van der Waals surface area contributed by atoms with Crippen LogP contribution >= 0.6 is 11.3 Å². The van der Waals surface area contributed by atoms with Crippen molar-refractivity contribution in [2.24, 2.45) is 0 Å². The molecule has 1 N–H and O–H groups in total. The third-order valence-electron chi connectivity index (χ3n) is 3.79. The second kappa shape index (κ2) is 5.96. The molecule has 108 valence electrons. The van der Waals surface area contributed by atoms with E-state index in [1.54, 1.807) is 0 Å². The first-order valence-corrected chi connectivity index (χ1v) is 8.16. The first-order chi connectivity index (χ1) is 10.2. The maximum atomic E-state index is 4.57. The maximum absolute atomic E-state index is 4.57. The predicted octanol–water partition coefficient (Wildman–Crippen LogP) is 4.48. The van der Waals surface area contributed by atoms with Crippen molar-refractivity contribution in [3.05, 3.63) is 63.5 Å². The largest absolute Gasteiger partial charge is 0.309 e. The lowest BCUT2D eigenvalue weighted by Gasteiger charge is -2.15. The van der Waals surface area contributed by atoms with Crippen LogP contribution in [0, 0.1) is 6.92 Å². The molecule has 1 aromatic carbocycles.